The molecule has 0 aliphatic carbocycles. The van der Waals surface area contributed by atoms with E-state index in [0.717, 1.165) is 26.0 Å². The molecule has 1 aliphatic heterocycles. The lowest BCUT2D eigenvalue weighted by Crippen LogP contribution is -2.23. The van der Waals surface area contributed by atoms with Gasteiger partial charge in [-0.2, -0.15) is 0 Å². The molecule has 3 nitrogen and oxygen atoms in total. The monoisotopic (exact) mass is 168 g/mol. The van der Waals surface area contributed by atoms with E-state index in [1.54, 1.807) is 7.11 Å². The van der Waals surface area contributed by atoms with Gasteiger partial charge in [0.25, 0.3) is 0 Å². The number of aliphatic imine (C=N–C) groups is 1. The minimum Gasteiger partial charge on any atom is -0.383 e. The van der Waals surface area contributed by atoms with Crippen molar-refractivity contribution in [2.45, 2.75) is 12.8 Å². The van der Waals surface area contributed by atoms with Crippen molar-refractivity contribution in [1.29, 1.82) is 0 Å². The van der Waals surface area contributed by atoms with Gasteiger partial charge in [-0.15, -0.1) is 0 Å². The van der Waals surface area contributed by atoms with E-state index in [4.69, 9.17) is 4.74 Å². The summed E-state index contributed by atoms with van der Waals surface area (Å²) in [5.74, 6) is 0. The molecule has 0 N–H and O–H groups in total. The van der Waals surface area contributed by atoms with Gasteiger partial charge in [-0.3, -0.25) is 4.99 Å². The Bertz CT molecular complexity index is 187. The highest BCUT2D eigenvalue weighted by Gasteiger charge is 2.05. The van der Waals surface area contributed by atoms with Crippen molar-refractivity contribution in [1.82, 2.24) is 4.90 Å². The summed E-state index contributed by atoms with van der Waals surface area (Å²) in [6.07, 6.45) is 6.04. The Hall–Kier alpha value is -0.830. The Morgan fingerprint density at radius 2 is 2.50 bits per heavy atom. The zero-order valence-electron chi connectivity index (χ0n) is 7.79. The largest absolute Gasteiger partial charge is 0.383 e. The Morgan fingerprint density at radius 3 is 3.08 bits per heavy atom. The third-order valence-electron chi connectivity index (χ3n) is 1.98. The fraction of sp³-hybridized carbons (Fsp3) is 0.667. The third kappa shape index (κ3) is 2.66. The number of rotatable bonds is 4. The second-order valence-corrected chi connectivity index (χ2v) is 2.91. The molecule has 0 saturated carbocycles. The molecule has 0 unspecified atom stereocenters. The van der Waals surface area contributed by atoms with Gasteiger partial charge in [0.1, 0.15) is 0 Å². The Kier molecular flexibility index (Phi) is 3.80. The average molecular weight is 168 g/mol. The van der Waals surface area contributed by atoms with E-state index >= 15 is 0 Å². The first-order chi connectivity index (χ1) is 5.84. The summed E-state index contributed by atoms with van der Waals surface area (Å²) in [5.41, 5.74) is 1.30. The Balaban J connectivity index is 2.35. The average Bonchev–Trinajstić information content (AvgIpc) is 2.15. The van der Waals surface area contributed by atoms with Crippen molar-refractivity contribution in [3.63, 3.8) is 0 Å². The molecule has 0 bridgehead atoms. The molecular weight excluding hydrogens is 152 g/mol. The highest BCUT2D eigenvalue weighted by Crippen LogP contribution is 2.11. The van der Waals surface area contributed by atoms with Crippen LogP contribution in [0.2, 0.25) is 0 Å². The van der Waals surface area contributed by atoms with Crippen LogP contribution in [-0.2, 0) is 4.74 Å². The minimum atomic E-state index is 0.775. The molecule has 0 fully saturated rings. The third-order valence-corrected chi connectivity index (χ3v) is 1.98. The van der Waals surface area contributed by atoms with Crippen LogP contribution in [0.4, 0.5) is 0 Å². The summed E-state index contributed by atoms with van der Waals surface area (Å²) < 4.78 is 5.00. The molecule has 0 aromatic rings. The quantitative estimate of drug-likeness (QED) is 0.631. The van der Waals surface area contributed by atoms with Gasteiger partial charge in [-0.25, -0.2) is 0 Å². The van der Waals surface area contributed by atoms with Crippen molar-refractivity contribution in [3.05, 3.63) is 11.9 Å². The summed E-state index contributed by atoms with van der Waals surface area (Å²) >= 11 is 0. The van der Waals surface area contributed by atoms with Crippen LogP contribution in [0.15, 0.2) is 16.9 Å². The molecule has 0 saturated heterocycles. The first-order valence-electron chi connectivity index (χ1n) is 4.25. The van der Waals surface area contributed by atoms with E-state index < -0.39 is 0 Å². The predicted molar refractivity (Wildman–Crippen MR) is 50.3 cm³/mol. The van der Waals surface area contributed by atoms with Crippen LogP contribution in [0, 0.1) is 0 Å². The molecule has 1 aliphatic rings. The van der Waals surface area contributed by atoms with Crippen molar-refractivity contribution in [2.24, 2.45) is 4.99 Å². The SMILES string of the molecule is COCCN(C)C1=CN=CCC1. The standard InChI is InChI=1S/C9H16N2O/c1-11(6-7-12-2)9-4-3-5-10-8-9/h5,8H,3-4,6-7H2,1-2H3. The lowest BCUT2D eigenvalue weighted by Gasteiger charge is -2.22. The Morgan fingerprint density at radius 1 is 1.67 bits per heavy atom. The maximum absolute atomic E-state index is 5.00. The van der Waals surface area contributed by atoms with Crippen molar-refractivity contribution in [2.75, 3.05) is 27.3 Å². The number of hydrogen-bond acceptors (Lipinski definition) is 3. The summed E-state index contributed by atoms with van der Waals surface area (Å²) in [4.78, 5) is 6.31. The maximum Gasteiger partial charge on any atom is 0.0637 e. The molecule has 0 amide bonds. The van der Waals surface area contributed by atoms with Crippen molar-refractivity contribution >= 4 is 6.21 Å². The van der Waals surface area contributed by atoms with E-state index in [1.165, 1.54) is 5.70 Å². The Labute approximate surface area is 73.7 Å². The van der Waals surface area contributed by atoms with Crippen molar-refractivity contribution < 1.29 is 4.74 Å². The molecule has 68 valence electrons. The normalized spacial score (nSPS) is 16.0. The molecular formula is C9H16N2O. The molecule has 0 spiro atoms. The van der Waals surface area contributed by atoms with Crippen LogP contribution < -0.4 is 0 Å². The van der Waals surface area contributed by atoms with Gasteiger partial charge >= 0.3 is 0 Å². The minimum absolute atomic E-state index is 0.775. The number of ether oxygens (including phenoxy) is 1. The van der Waals surface area contributed by atoms with Crippen LogP contribution in [0.25, 0.3) is 0 Å². The van der Waals surface area contributed by atoms with Crippen molar-refractivity contribution in [3.8, 4) is 0 Å². The zero-order chi connectivity index (χ0) is 8.81. The molecule has 0 aromatic carbocycles. The van der Waals surface area contributed by atoms with Gasteiger partial charge in [0.2, 0.25) is 0 Å². The highest BCUT2D eigenvalue weighted by molar-refractivity contribution is 5.60. The number of likely N-dealkylation sites (N-methyl/N-ethyl adjacent to an activating group) is 1. The zero-order valence-corrected chi connectivity index (χ0v) is 7.79. The van der Waals surface area contributed by atoms with E-state index in [0.29, 0.717) is 0 Å². The number of hydrogen-bond donors (Lipinski definition) is 0. The second-order valence-electron chi connectivity index (χ2n) is 2.91. The van der Waals surface area contributed by atoms with Crippen LogP contribution in [0.3, 0.4) is 0 Å². The van der Waals surface area contributed by atoms with Crippen LogP contribution in [0.1, 0.15) is 12.8 Å². The molecule has 1 rings (SSSR count). The lowest BCUT2D eigenvalue weighted by molar-refractivity contribution is 0.172. The van der Waals surface area contributed by atoms with Crippen LogP contribution >= 0.6 is 0 Å². The van der Waals surface area contributed by atoms with Gasteiger partial charge in [0, 0.05) is 38.8 Å². The first-order valence-corrected chi connectivity index (χ1v) is 4.25. The molecule has 0 radical (unpaired) electrons. The second kappa shape index (κ2) is 4.93. The van der Waals surface area contributed by atoms with Gasteiger partial charge < -0.3 is 9.64 Å². The molecule has 3 heteroatoms. The summed E-state index contributed by atoms with van der Waals surface area (Å²) in [5, 5.41) is 0. The number of allylic oxidation sites excluding steroid dienone is 1. The fourth-order valence-electron chi connectivity index (χ4n) is 1.15. The lowest BCUT2D eigenvalue weighted by atomic mass is 10.2. The summed E-state index contributed by atoms with van der Waals surface area (Å²) in [6, 6.07) is 0. The van der Waals surface area contributed by atoms with E-state index in [9.17, 15) is 0 Å². The topological polar surface area (TPSA) is 24.8 Å². The summed E-state index contributed by atoms with van der Waals surface area (Å²) in [7, 11) is 3.80. The number of methoxy groups -OCH3 is 1. The molecule has 1 heterocycles. The van der Waals surface area contributed by atoms with E-state index in [1.807, 2.05) is 12.4 Å². The van der Waals surface area contributed by atoms with Gasteiger partial charge in [0.05, 0.1) is 6.61 Å². The molecule has 12 heavy (non-hydrogen) atoms. The smallest absolute Gasteiger partial charge is 0.0637 e. The summed E-state index contributed by atoms with van der Waals surface area (Å²) in [6.45, 7) is 1.72. The van der Waals surface area contributed by atoms with Gasteiger partial charge in [-0.1, -0.05) is 0 Å². The fourth-order valence-corrected chi connectivity index (χ4v) is 1.15. The van der Waals surface area contributed by atoms with E-state index in [2.05, 4.69) is 16.9 Å². The van der Waals surface area contributed by atoms with Gasteiger partial charge in [0.15, 0.2) is 0 Å². The van der Waals surface area contributed by atoms with E-state index in [-0.39, 0.29) is 0 Å². The van der Waals surface area contributed by atoms with Crippen LogP contribution in [0.5, 0.6) is 0 Å². The maximum atomic E-state index is 5.00. The predicted octanol–water partition coefficient (Wildman–Crippen LogP) is 1.27. The van der Waals surface area contributed by atoms with Gasteiger partial charge in [-0.05, 0) is 12.8 Å². The number of nitrogens with zero attached hydrogens (tertiary/aromatic N) is 2. The molecule has 0 atom stereocenters. The first kappa shape index (κ1) is 9.26. The van der Waals surface area contributed by atoms with Crippen LogP contribution in [-0.4, -0.2) is 38.4 Å². The highest BCUT2D eigenvalue weighted by atomic mass is 16.5. The molecule has 0 aromatic heterocycles.